The van der Waals surface area contributed by atoms with Crippen LogP contribution in [0.4, 0.5) is 5.82 Å². The maximum atomic E-state index is 11.9. The zero-order chi connectivity index (χ0) is 13.1. The molecule has 0 unspecified atom stereocenters. The first-order valence-electron chi connectivity index (χ1n) is 5.11. The van der Waals surface area contributed by atoms with Gasteiger partial charge in [-0.15, -0.1) is 0 Å². The molecular formula is C12H9Br2N3O. The summed E-state index contributed by atoms with van der Waals surface area (Å²) in [7, 11) is 0. The summed E-state index contributed by atoms with van der Waals surface area (Å²) in [4.78, 5) is 20.0. The van der Waals surface area contributed by atoms with Gasteiger partial charge in [0.2, 0.25) is 0 Å². The van der Waals surface area contributed by atoms with Gasteiger partial charge in [-0.2, -0.15) is 0 Å². The highest BCUT2D eigenvalue weighted by Gasteiger charge is 2.07. The Balaban J connectivity index is 2.16. The number of anilines is 1. The van der Waals surface area contributed by atoms with E-state index in [4.69, 9.17) is 0 Å². The van der Waals surface area contributed by atoms with E-state index < -0.39 is 0 Å². The molecule has 1 N–H and O–H groups in total. The number of hydrogen-bond acceptors (Lipinski definition) is 3. The number of aryl methyl sites for hydroxylation is 1. The number of pyridine rings is 2. The van der Waals surface area contributed by atoms with Gasteiger partial charge in [0.1, 0.15) is 10.4 Å². The third kappa shape index (κ3) is 3.14. The lowest BCUT2D eigenvalue weighted by molar-refractivity contribution is 0.102. The topological polar surface area (TPSA) is 54.9 Å². The van der Waals surface area contributed by atoms with E-state index >= 15 is 0 Å². The maximum absolute atomic E-state index is 11.9. The number of halogens is 2. The minimum absolute atomic E-state index is 0.232. The Morgan fingerprint density at radius 3 is 2.61 bits per heavy atom. The zero-order valence-corrected chi connectivity index (χ0v) is 12.6. The van der Waals surface area contributed by atoms with Crippen LogP contribution in [-0.4, -0.2) is 15.9 Å². The Hall–Kier alpha value is -1.27. The molecule has 0 aliphatic heterocycles. The number of hydrogen-bond donors (Lipinski definition) is 1. The van der Waals surface area contributed by atoms with E-state index in [9.17, 15) is 4.79 Å². The molecule has 0 aliphatic rings. The van der Waals surface area contributed by atoms with Crippen molar-refractivity contribution >= 4 is 43.6 Å². The molecule has 6 heteroatoms. The van der Waals surface area contributed by atoms with Crippen LogP contribution in [0.25, 0.3) is 0 Å². The third-order valence-electron chi connectivity index (χ3n) is 2.28. The van der Waals surface area contributed by atoms with Crippen LogP contribution in [-0.2, 0) is 0 Å². The van der Waals surface area contributed by atoms with Crippen LogP contribution in [0.3, 0.4) is 0 Å². The Morgan fingerprint density at radius 2 is 2.00 bits per heavy atom. The lowest BCUT2D eigenvalue weighted by Crippen LogP contribution is -2.13. The van der Waals surface area contributed by atoms with Crippen LogP contribution >= 0.6 is 31.9 Å². The Morgan fingerprint density at radius 1 is 1.22 bits per heavy atom. The van der Waals surface area contributed by atoms with E-state index in [1.165, 1.54) is 6.20 Å². The molecule has 0 saturated carbocycles. The quantitative estimate of drug-likeness (QED) is 0.822. The van der Waals surface area contributed by atoms with E-state index in [1.807, 2.05) is 6.92 Å². The van der Waals surface area contributed by atoms with Crippen LogP contribution in [0.1, 0.15) is 15.9 Å². The normalized spacial score (nSPS) is 10.2. The molecule has 0 spiro atoms. The fraction of sp³-hybridized carbons (Fsp3) is 0.0833. The molecular weight excluding hydrogens is 362 g/mol. The number of carbonyl (C=O) groups is 1. The summed E-state index contributed by atoms with van der Waals surface area (Å²) in [6, 6.07) is 5.21. The summed E-state index contributed by atoms with van der Waals surface area (Å²) in [6.07, 6.45) is 3.16. The van der Waals surface area contributed by atoms with Crippen LogP contribution < -0.4 is 5.32 Å². The second-order valence-electron chi connectivity index (χ2n) is 3.64. The second-order valence-corrected chi connectivity index (χ2v) is 5.31. The summed E-state index contributed by atoms with van der Waals surface area (Å²) < 4.78 is 1.60. The predicted octanol–water partition coefficient (Wildman–Crippen LogP) is 3.56. The molecule has 0 saturated heterocycles. The Bertz CT molecular complexity index is 584. The molecule has 0 aromatic carbocycles. The van der Waals surface area contributed by atoms with Gasteiger partial charge in [0.25, 0.3) is 5.91 Å². The fourth-order valence-corrected chi connectivity index (χ4v) is 1.76. The molecule has 0 fully saturated rings. The van der Waals surface area contributed by atoms with Crippen molar-refractivity contribution in [1.82, 2.24) is 9.97 Å². The second kappa shape index (κ2) is 5.58. The van der Waals surface area contributed by atoms with Crippen molar-refractivity contribution in [3.63, 3.8) is 0 Å². The first-order valence-corrected chi connectivity index (χ1v) is 6.70. The minimum Gasteiger partial charge on any atom is -0.307 e. The van der Waals surface area contributed by atoms with Gasteiger partial charge in [-0.25, -0.2) is 9.97 Å². The monoisotopic (exact) mass is 369 g/mol. The van der Waals surface area contributed by atoms with Gasteiger partial charge in [-0.05, 0) is 62.5 Å². The van der Waals surface area contributed by atoms with Gasteiger partial charge in [0.15, 0.2) is 0 Å². The standard InChI is InChI=1S/C12H9Br2N3O/c1-7-4-11(16-6-9(7)13)17-12(18)8-2-3-10(14)15-5-8/h2-6H,1H3,(H,16,17,18). The van der Waals surface area contributed by atoms with E-state index in [2.05, 4.69) is 47.1 Å². The van der Waals surface area contributed by atoms with Gasteiger partial charge in [0, 0.05) is 16.9 Å². The van der Waals surface area contributed by atoms with Crippen molar-refractivity contribution in [3.8, 4) is 0 Å². The average Bonchev–Trinajstić information content (AvgIpc) is 2.34. The summed E-state index contributed by atoms with van der Waals surface area (Å²) in [6.45, 7) is 1.93. The van der Waals surface area contributed by atoms with Crippen LogP contribution in [0.5, 0.6) is 0 Å². The molecule has 2 heterocycles. The molecule has 0 aliphatic carbocycles. The van der Waals surface area contributed by atoms with Crippen molar-refractivity contribution in [3.05, 3.63) is 50.8 Å². The summed E-state index contributed by atoms with van der Waals surface area (Å²) in [5, 5.41) is 2.72. The number of nitrogens with one attached hydrogen (secondary N) is 1. The predicted molar refractivity (Wildman–Crippen MR) is 76.6 cm³/mol. The summed E-state index contributed by atoms with van der Waals surface area (Å²) >= 11 is 6.58. The maximum Gasteiger partial charge on any atom is 0.258 e. The van der Waals surface area contributed by atoms with E-state index in [0.717, 1.165) is 10.0 Å². The molecule has 2 aromatic rings. The number of carbonyl (C=O) groups excluding carboxylic acids is 1. The van der Waals surface area contributed by atoms with Gasteiger partial charge in [-0.1, -0.05) is 0 Å². The van der Waals surface area contributed by atoms with Gasteiger partial charge in [0.05, 0.1) is 5.56 Å². The van der Waals surface area contributed by atoms with Crippen molar-refractivity contribution in [2.75, 3.05) is 5.32 Å². The Kier molecular flexibility index (Phi) is 4.08. The number of aromatic nitrogens is 2. The molecule has 4 nitrogen and oxygen atoms in total. The summed E-state index contributed by atoms with van der Waals surface area (Å²) in [5.41, 5.74) is 1.50. The van der Waals surface area contributed by atoms with Crippen molar-refractivity contribution < 1.29 is 4.79 Å². The highest BCUT2D eigenvalue weighted by atomic mass is 79.9. The Labute approximate surface area is 121 Å². The van der Waals surface area contributed by atoms with Crippen LogP contribution in [0.15, 0.2) is 39.7 Å². The molecule has 2 aromatic heterocycles. The number of nitrogens with zero attached hydrogens (tertiary/aromatic N) is 2. The first-order chi connectivity index (χ1) is 8.56. The largest absolute Gasteiger partial charge is 0.307 e. The third-order valence-corrected chi connectivity index (χ3v) is 3.58. The molecule has 0 atom stereocenters. The van der Waals surface area contributed by atoms with Crippen LogP contribution in [0, 0.1) is 6.92 Å². The van der Waals surface area contributed by atoms with Crippen LogP contribution in [0.2, 0.25) is 0 Å². The van der Waals surface area contributed by atoms with E-state index in [1.54, 1.807) is 24.4 Å². The molecule has 0 bridgehead atoms. The lowest BCUT2D eigenvalue weighted by atomic mass is 10.2. The van der Waals surface area contributed by atoms with E-state index in [-0.39, 0.29) is 5.91 Å². The van der Waals surface area contributed by atoms with Gasteiger partial charge < -0.3 is 5.32 Å². The highest BCUT2D eigenvalue weighted by molar-refractivity contribution is 9.10. The van der Waals surface area contributed by atoms with Gasteiger partial charge >= 0.3 is 0 Å². The first kappa shape index (κ1) is 13.2. The smallest absolute Gasteiger partial charge is 0.258 e. The molecule has 18 heavy (non-hydrogen) atoms. The zero-order valence-electron chi connectivity index (χ0n) is 9.45. The molecule has 1 amide bonds. The number of amides is 1. The highest BCUT2D eigenvalue weighted by Crippen LogP contribution is 2.17. The molecule has 2 rings (SSSR count). The van der Waals surface area contributed by atoms with Gasteiger partial charge in [-0.3, -0.25) is 4.79 Å². The fourth-order valence-electron chi connectivity index (χ4n) is 1.31. The van der Waals surface area contributed by atoms with Crippen molar-refractivity contribution in [1.29, 1.82) is 0 Å². The van der Waals surface area contributed by atoms with Crippen molar-refractivity contribution in [2.24, 2.45) is 0 Å². The average molecular weight is 371 g/mol. The lowest BCUT2D eigenvalue weighted by Gasteiger charge is -2.05. The molecule has 92 valence electrons. The number of rotatable bonds is 2. The summed E-state index contributed by atoms with van der Waals surface area (Å²) in [5.74, 6) is 0.285. The van der Waals surface area contributed by atoms with Crippen molar-refractivity contribution in [2.45, 2.75) is 6.92 Å². The SMILES string of the molecule is Cc1cc(NC(=O)c2ccc(Br)nc2)ncc1Br. The molecule has 0 radical (unpaired) electrons. The van der Waals surface area contributed by atoms with E-state index in [0.29, 0.717) is 16.0 Å². The minimum atomic E-state index is -0.232.